The van der Waals surface area contributed by atoms with Gasteiger partial charge in [0.25, 0.3) is 0 Å². The van der Waals surface area contributed by atoms with E-state index in [0.717, 1.165) is 19.4 Å². The predicted molar refractivity (Wildman–Crippen MR) is 84.1 cm³/mol. The number of hydrogen-bond donors (Lipinski definition) is 2. The van der Waals surface area contributed by atoms with Crippen LogP contribution in [0.5, 0.6) is 5.75 Å². The minimum Gasteiger partial charge on any atom is -0.508 e. The third-order valence-electron chi connectivity index (χ3n) is 4.45. The Labute approximate surface area is 123 Å². The van der Waals surface area contributed by atoms with Crippen LogP contribution >= 0.6 is 0 Å². The summed E-state index contributed by atoms with van der Waals surface area (Å²) in [5.74, 6) is 1.01. The minimum absolute atomic E-state index is 0.380. The second kappa shape index (κ2) is 6.59. The largest absolute Gasteiger partial charge is 0.508 e. The maximum absolute atomic E-state index is 9.72. The van der Waals surface area contributed by atoms with Crippen LogP contribution < -0.4 is 5.32 Å². The molecule has 0 bridgehead atoms. The molecule has 2 atom stereocenters. The molecule has 1 aromatic rings. The quantitative estimate of drug-likeness (QED) is 0.868. The van der Waals surface area contributed by atoms with Gasteiger partial charge in [-0.2, -0.15) is 0 Å². The second-order valence-corrected chi connectivity index (χ2v) is 6.51. The normalized spacial score (nSPS) is 20.2. The van der Waals surface area contributed by atoms with Gasteiger partial charge in [0.15, 0.2) is 0 Å². The molecule has 0 spiro atoms. The number of nitrogens with zero attached hydrogens (tertiary/aromatic N) is 1. The van der Waals surface area contributed by atoms with Gasteiger partial charge in [-0.15, -0.1) is 0 Å². The van der Waals surface area contributed by atoms with E-state index in [1.165, 1.54) is 17.5 Å². The van der Waals surface area contributed by atoms with Gasteiger partial charge in [-0.3, -0.25) is 0 Å². The molecule has 0 fully saturated rings. The van der Waals surface area contributed by atoms with Crippen molar-refractivity contribution in [2.75, 3.05) is 20.6 Å². The van der Waals surface area contributed by atoms with E-state index < -0.39 is 0 Å². The lowest BCUT2D eigenvalue weighted by atomic mass is 9.87. The Morgan fingerprint density at radius 3 is 2.75 bits per heavy atom. The van der Waals surface area contributed by atoms with E-state index >= 15 is 0 Å². The fourth-order valence-electron chi connectivity index (χ4n) is 3.28. The van der Waals surface area contributed by atoms with Gasteiger partial charge >= 0.3 is 0 Å². The maximum atomic E-state index is 9.72. The number of phenolic OH excluding ortho intramolecular Hbond substituents is 1. The predicted octanol–water partition coefficient (Wildman–Crippen LogP) is 2.95. The van der Waals surface area contributed by atoms with Crippen molar-refractivity contribution in [1.82, 2.24) is 10.2 Å². The first-order valence-electron chi connectivity index (χ1n) is 7.70. The summed E-state index contributed by atoms with van der Waals surface area (Å²) in [6.07, 6.45) is 3.52. The van der Waals surface area contributed by atoms with Crippen molar-refractivity contribution in [3.8, 4) is 5.75 Å². The Morgan fingerprint density at radius 2 is 2.10 bits per heavy atom. The lowest BCUT2D eigenvalue weighted by Crippen LogP contribution is -2.43. The molecule has 1 aromatic carbocycles. The molecule has 0 aromatic heterocycles. The van der Waals surface area contributed by atoms with Gasteiger partial charge in [0.05, 0.1) is 0 Å². The fraction of sp³-hybridized carbons (Fsp3) is 0.647. The number of rotatable bonds is 5. The van der Waals surface area contributed by atoms with Crippen molar-refractivity contribution in [3.63, 3.8) is 0 Å². The highest BCUT2D eigenvalue weighted by Gasteiger charge is 2.23. The minimum atomic E-state index is 0.380. The van der Waals surface area contributed by atoms with Gasteiger partial charge < -0.3 is 15.3 Å². The van der Waals surface area contributed by atoms with Crippen LogP contribution in [-0.2, 0) is 6.42 Å². The summed E-state index contributed by atoms with van der Waals surface area (Å²) in [4.78, 5) is 2.30. The SMILES string of the molecule is CC(C)C(CNC1CCCc2ccc(O)cc21)N(C)C. The monoisotopic (exact) mass is 276 g/mol. The third-order valence-corrected chi connectivity index (χ3v) is 4.45. The summed E-state index contributed by atoms with van der Waals surface area (Å²) in [6, 6.07) is 6.74. The number of fused-ring (bicyclic) bond motifs is 1. The van der Waals surface area contributed by atoms with Crippen molar-refractivity contribution >= 4 is 0 Å². The molecule has 2 unspecified atom stereocenters. The lowest BCUT2D eigenvalue weighted by Gasteiger charge is -2.32. The molecule has 112 valence electrons. The molecular weight excluding hydrogens is 248 g/mol. The highest BCUT2D eigenvalue weighted by atomic mass is 16.3. The Balaban J connectivity index is 2.06. The maximum Gasteiger partial charge on any atom is 0.115 e. The highest BCUT2D eigenvalue weighted by molar-refractivity contribution is 5.38. The molecule has 1 aliphatic rings. The molecule has 0 heterocycles. The molecular formula is C17H28N2O. The molecule has 0 amide bonds. The summed E-state index contributed by atoms with van der Waals surface area (Å²) in [5, 5.41) is 13.4. The van der Waals surface area contributed by atoms with E-state index in [4.69, 9.17) is 0 Å². The smallest absolute Gasteiger partial charge is 0.115 e. The zero-order valence-electron chi connectivity index (χ0n) is 13.2. The van der Waals surface area contributed by atoms with Crippen LogP contribution in [0, 0.1) is 5.92 Å². The van der Waals surface area contributed by atoms with Gasteiger partial charge in [-0.1, -0.05) is 19.9 Å². The third kappa shape index (κ3) is 3.53. The lowest BCUT2D eigenvalue weighted by molar-refractivity contribution is 0.216. The fourth-order valence-corrected chi connectivity index (χ4v) is 3.28. The van der Waals surface area contributed by atoms with Crippen molar-refractivity contribution < 1.29 is 5.11 Å². The van der Waals surface area contributed by atoms with Crippen LogP contribution in [-0.4, -0.2) is 36.7 Å². The van der Waals surface area contributed by atoms with E-state index in [1.54, 1.807) is 6.07 Å². The van der Waals surface area contributed by atoms with Crippen molar-refractivity contribution in [3.05, 3.63) is 29.3 Å². The number of phenols is 1. The summed E-state index contributed by atoms with van der Waals surface area (Å²) < 4.78 is 0. The van der Waals surface area contributed by atoms with Crippen molar-refractivity contribution in [1.29, 1.82) is 0 Å². The van der Waals surface area contributed by atoms with E-state index in [-0.39, 0.29) is 0 Å². The Morgan fingerprint density at radius 1 is 1.35 bits per heavy atom. The average Bonchev–Trinajstić information content (AvgIpc) is 2.38. The van der Waals surface area contributed by atoms with Gasteiger partial charge in [0.2, 0.25) is 0 Å². The van der Waals surface area contributed by atoms with Gasteiger partial charge in [0, 0.05) is 18.6 Å². The first-order chi connectivity index (χ1) is 9.49. The van der Waals surface area contributed by atoms with E-state index in [2.05, 4.69) is 44.2 Å². The topological polar surface area (TPSA) is 35.5 Å². The molecule has 3 nitrogen and oxygen atoms in total. The summed E-state index contributed by atoms with van der Waals surface area (Å²) in [5.41, 5.74) is 2.68. The van der Waals surface area contributed by atoms with Gasteiger partial charge in [0.1, 0.15) is 5.75 Å². The zero-order valence-corrected chi connectivity index (χ0v) is 13.2. The van der Waals surface area contributed by atoms with Crippen LogP contribution in [0.15, 0.2) is 18.2 Å². The molecule has 0 radical (unpaired) electrons. The Kier molecular flexibility index (Phi) is 5.06. The highest BCUT2D eigenvalue weighted by Crippen LogP contribution is 2.32. The molecule has 0 saturated carbocycles. The number of aryl methyl sites for hydroxylation is 1. The molecule has 3 heteroatoms. The van der Waals surface area contributed by atoms with Crippen LogP contribution in [0.4, 0.5) is 0 Å². The van der Waals surface area contributed by atoms with Crippen LogP contribution in [0.3, 0.4) is 0 Å². The number of benzene rings is 1. The number of nitrogens with one attached hydrogen (secondary N) is 1. The molecule has 0 aliphatic heterocycles. The summed E-state index contributed by atoms with van der Waals surface area (Å²) in [6.45, 7) is 5.53. The van der Waals surface area contributed by atoms with E-state index in [9.17, 15) is 5.11 Å². The Hall–Kier alpha value is -1.06. The number of hydrogen-bond acceptors (Lipinski definition) is 3. The van der Waals surface area contributed by atoms with Crippen molar-refractivity contribution in [2.45, 2.75) is 45.2 Å². The van der Waals surface area contributed by atoms with Crippen LogP contribution in [0.2, 0.25) is 0 Å². The molecule has 2 N–H and O–H groups in total. The number of aromatic hydroxyl groups is 1. The van der Waals surface area contributed by atoms with Gasteiger partial charge in [-0.25, -0.2) is 0 Å². The second-order valence-electron chi connectivity index (χ2n) is 6.51. The molecule has 20 heavy (non-hydrogen) atoms. The standard InChI is InChI=1S/C17H28N2O/c1-12(2)17(19(3)4)11-18-16-7-5-6-13-8-9-14(20)10-15(13)16/h8-10,12,16-18,20H,5-7,11H2,1-4H3. The Bertz CT molecular complexity index is 435. The van der Waals surface area contributed by atoms with Crippen molar-refractivity contribution in [2.24, 2.45) is 5.92 Å². The molecule has 1 aliphatic carbocycles. The molecule has 0 saturated heterocycles. The number of likely N-dealkylation sites (N-methyl/N-ethyl adjacent to an activating group) is 1. The van der Waals surface area contributed by atoms with E-state index in [1.807, 2.05) is 6.07 Å². The first kappa shape index (κ1) is 15.3. The summed E-state index contributed by atoms with van der Waals surface area (Å²) in [7, 11) is 4.29. The molecule has 2 rings (SSSR count). The van der Waals surface area contributed by atoms with Crippen LogP contribution in [0.25, 0.3) is 0 Å². The summed E-state index contributed by atoms with van der Waals surface area (Å²) >= 11 is 0. The zero-order chi connectivity index (χ0) is 14.7. The average molecular weight is 276 g/mol. The van der Waals surface area contributed by atoms with Gasteiger partial charge in [-0.05, 0) is 62.5 Å². The first-order valence-corrected chi connectivity index (χ1v) is 7.70. The van der Waals surface area contributed by atoms with E-state index in [0.29, 0.717) is 23.8 Å². The van der Waals surface area contributed by atoms with Crippen LogP contribution in [0.1, 0.15) is 43.9 Å².